The van der Waals surface area contributed by atoms with Crippen LogP contribution in [0.5, 0.6) is 0 Å². The Labute approximate surface area is 149 Å². The molecule has 25 heavy (non-hydrogen) atoms. The Morgan fingerprint density at radius 3 is 2.80 bits per heavy atom. The van der Waals surface area contributed by atoms with Crippen LogP contribution >= 0.6 is 11.3 Å². The number of thiazole rings is 1. The summed E-state index contributed by atoms with van der Waals surface area (Å²) in [6, 6.07) is 14.9. The van der Waals surface area contributed by atoms with Gasteiger partial charge in [-0.05, 0) is 37.1 Å². The molecule has 0 fully saturated rings. The Morgan fingerprint density at radius 2 is 1.92 bits per heavy atom. The van der Waals surface area contributed by atoms with E-state index >= 15 is 0 Å². The Morgan fingerprint density at radius 1 is 1.12 bits per heavy atom. The number of aryl methyl sites for hydroxylation is 2. The summed E-state index contributed by atoms with van der Waals surface area (Å²) in [6.07, 6.45) is 2.96. The smallest absolute Gasteiger partial charge is 0.190 e. The molecule has 1 N–H and O–H groups in total. The van der Waals surface area contributed by atoms with Crippen molar-refractivity contribution in [3.63, 3.8) is 0 Å². The number of nitrogens with one attached hydrogen (secondary N) is 1. The van der Waals surface area contributed by atoms with Crippen LogP contribution in [0.1, 0.15) is 11.3 Å². The van der Waals surface area contributed by atoms with Crippen LogP contribution in [0.4, 0.5) is 10.1 Å². The van der Waals surface area contributed by atoms with E-state index in [1.807, 2.05) is 6.07 Å². The molecular formula is C20H18FN3S. The molecule has 0 atom stereocenters. The molecular weight excluding hydrogens is 333 g/mol. The largest absolute Gasteiger partial charge is 0.361 e. The number of para-hydroxylation sites is 2. The van der Waals surface area contributed by atoms with E-state index in [-0.39, 0.29) is 5.82 Å². The van der Waals surface area contributed by atoms with Crippen molar-refractivity contribution < 1.29 is 4.39 Å². The van der Waals surface area contributed by atoms with Gasteiger partial charge in [-0.15, -0.1) is 11.3 Å². The van der Waals surface area contributed by atoms with E-state index in [0.29, 0.717) is 5.69 Å². The molecule has 0 unspecified atom stereocenters. The summed E-state index contributed by atoms with van der Waals surface area (Å²) in [7, 11) is 0. The minimum Gasteiger partial charge on any atom is -0.361 e. The second-order valence-electron chi connectivity index (χ2n) is 5.98. The molecule has 0 aliphatic carbocycles. The van der Waals surface area contributed by atoms with Crippen molar-refractivity contribution in [2.24, 2.45) is 4.99 Å². The van der Waals surface area contributed by atoms with Gasteiger partial charge in [-0.1, -0.05) is 30.3 Å². The normalized spacial score (nSPS) is 12.2. The minimum absolute atomic E-state index is 0.295. The molecule has 0 bridgehead atoms. The van der Waals surface area contributed by atoms with E-state index < -0.39 is 0 Å². The van der Waals surface area contributed by atoms with Gasteiger partial charge in [0, 0.05) is 34.7 Å². The second-order valence-corrected chi connectivity index (χ2v) is 6.82. The number of hydrogen-bond acceptors (Lipinski definition) is 2. The first-order valence-corrected chi connectivity index (χ1v) is 9.09. The highest BCUT2D eigenvalue weighted by molar-refractivity contribution is 7.07. The third-order valence-corrected chi connectivity index (χ3v) is 5.32. The maximum Gasteiger partial charge on any atom is 0.190 e. The zero-order valence-electron chi connectivity index (χ0n) is 13.9. The lowest BCUT2D eigenvalue weighted by Crippen LogP contribution is -2.17. The summed E-state index contributed by atoms with van der Waals surface area (Å²) >= 11 is 1.54. The zero-order chi connectivity index (χ0) is 17.2. The van der Waals surface area contributed by atoms with Crippen LogP contribution in [0.15, 0.2) is 65.1 Å². The Bertz CT molecular complexity index is 1090. The van der Waals surface area contributed by atoms with Gasteiger partial charge in [0.1, 0.15) is 11.5 Å². The molecule has 0 saturated carbocycles. The monoisotopic (exact) mass is 351 g/mol. The molecule has 0 radical (unpaired) electrons. The number of H-pyrrole nitrogens is 1. The topological polar surface area (TPSA) is 33.1 Å². The second kappa shape index (κ2) is 6.69. The molecule has 2 heterocycles. The number of nitrogens with zero attached hydrogens (tertiary/aromatic N) is 2. The lowest BCUT2D eigenvalue weighted by Gasteiger charge is -2.06. The summed E-state index contributed by atoms with van der Waals surface area (Å²) in [5.74, 6) is -0.295. The Kier molecular flexibility index (Phi) is 4.24. The molecule has 2 aromatic heterocycles. The van der Waals surface area contributed by atoms with Gasteiger partial charge < -0.3 is 9.55 Å². The molecule has 2 aromatic carbocycles. The maximum atomic E-state index is 13.9. The van der Waals surface area contributed by atoms with E-state index in [0.717, 1.165) is 29.0 Å². The van der Waals surface area contributed by atoms with E-state index in [2.05, 4.69) is 51.2 Å². The molecule has 126 valence electrons. The van der Waals surface area contributed by atoms with Gasteiger partial charge in [0.15, 0.2) is 4.80 Å². The molecule has 0 spiro atoms. The summed E-state index contributed by atoms with van der Waals surface area (Å²) in [6.45, 7) is 2.87. The number of benzene rings is 2. The number of fused-ring (bicyclic) bond motifs is 1. The first-order chi connectivity index (χ1) is 12.2. The summed E-state index contributed by atoms with van der Waals surface area (Å²) < 4.78 is 16.0. The van der Waals surface area contributed by atoms with Crippen molar-refractivity contribution in [2.75, 3.05) is 0 Å². The average Bonchev–Trinajstić information content (AvgIpc) is 3.19. The third-order valence-electron chi connectivity index (χ3n) is 4.34. The Balaban J connectivity index is 1.65. The molecule has 0 aliphatic heterocycles. The lowest BCUT2D eigenvalue weighted by atomic mass is 10.1. The highest BCUT2D eigenvalue weighted by Crippen LogP contribution is 2.19. The summed E-state index contributed by atoms with van der Waals surface area (Å²) in [5.41, 5.74) is 3.96. The molecule has 0 aliphatic rings. The fraction of sp³-hybridized carbons (Fsp3) is 0.150. The average molecular weight is 351 g/mol. The third kappa shape index (κ3) is 3.15. The summed E-state index contributed by atoms with van der Waals surface area (Å²) in [5, 5.41) is 3.32. The van der Waals surface area contributed by atoms with Crippen molar-refractivity contribution in [3.8, 4) is 0 Å². The number of halogens is 1. The van der Waals surface area contributed by atoms with E-state index in [9.17, 15) is 4.39 Å². The molecule has 4 rings (SSSR count). The van der Waals surface area contributed by atoms with E-state index in [1.54, 1.807) is 29.5 Å². The quantitative estimate of drug-likeness (QED) is 0.539. The van der Waals surface area contributed by atoms with Crippen LogP contribution in [0.25, 0.3) is 10.9 Å². The number of rotatable bonds is 4. The van der Waals surface area contributed by atoms with Crippen LogP contribution in [0, 0.1) is 12.7 Å². The maximum absolute atomic E-state index is 13.9. The molecule has 0 saturated heterocycles. The molecule has 3 nitrogen and oxygen atoms in total. The van der Waals surface area contributed by atoms with Crippen LogP contribution in [-0.4, -0.2) is 9.55 Å². The van der Waals surface area contributed by atoms with E-state index in [4.69, 9.17) is 0 Å². The first kappa shape index (κ1) is 15.8. The van der Waals surface area contributed by atoms with Gasteiger partial charge in [-0.3, -0.25) is 0 Å². The van der Waals surface area contributed by atoms with Gasteiger partial charge in [0.05, 0.1) is 0 Å². The molecule has 0 amide bonds. The van der Waals surface area contributed by atoms with Gasteiger partial charge in [-0.2, -0.15) is 0 Å². The van der Waals surface area contributed by atoms with Crippen molar-refractivity contribution in [1.82, 2.24) is 9.55 Å². The van der Waals surface area contributed by atoms with Crippen molar-refractivity contribution in [3.05, 3.63) is 82.0 Å². The number of aromatic nitrogens is 2. The van der Waals surface area contributed by atoms with Crippen molar-refractivity contribution >= 4 is 27.9 Å². The molecule has 4 aromatic rings. The molecule has 5 heteroatoms. The van der Waals surface area contributed by atoms with Gasteiger partial charge >= 0.3 is 0 Å². The summed E-state index contributed by atoms with van der Waals surface area (Å²) in [4.78, 5) is 8.66. The fourth-order valence-electron chi connectivity index (χ4n) is 2.99. The number of hydrogen-bond donors (Lipinski definition) is 1. The van der Waals surface area contributed by atoms with Crippen molar-refractivity contribution in [2.45, 2.75) is 19.9 Å². The lowest BCUT2D eigenvalue weighted by molar-refractivity contribution is 0.625. The van der Waals surface area contributed by atoms with Crippen molar-refractivity contribution in [1.29, 1.82) is 0 Å². The van der Waals surface area contributed by atoms with Gasteiger partial charge in [0.25, 0.3) is 0 Å². The van der Waals surface area contributed by atoms with Crippen LogP contribution in [-0.2, 0) is 13.0 Å². The van der Waals surface area contributed by atoms with Crippen LogP contribution in [0.3, 0.4) is 0 Å². The van der Waals surface area contributed by atoms with Crippen LogP contribution < -0.4 is 4.80 Å². The SMILES string of the molecule is Cc1csc(=Nc2ccccc2F)n1CCc1c[nH]c2ccccc12. The van der Waals surface area contributed by atoms with E-state index in [1.165, 1.54) is 17.0 Å². The predicted octanol–water partition coefficient (Wildman–Crippen LogP) is 4.95. The standard InChI is InChI=1S/C20H18FN3S/c1-14-13-25-20(23-19-9-5-3-7-17(19)21)24(14)11-10-15-12-22-18-8-4-2-6-16(15)18/h2-9,12-13,22H,10-11H2,1H3. The first-order valence-electron chi connectivity index (χ1n) is 8.21. The predicted molar refractivity (Wildman–Crippen MR) is 101 cm³/mol. The van der Waals surface area contributed by atoms with Gasteiger partial charge in [0.2, 0.25) is 0 Å². The fourth-order valence-corrected chi connectivity index (χ4v) is 3.91. The minimum atomic E-state index is -0.295. The zero-order valence-corrected chi connectivity index (χ0v) is 14.7. The van der Waals surface area contributed by atoms with Gasteiger partial charge in [-0.25, -0.2) is 9.38 Å². The van der Waals surface area contributed by atoms with Crippen LogP contribution in [0.2, 0.25) is 0 Å². The Hall–Kier alpha value is -2.66. The number of aromatic amines is 1. The highest BCUT2D eigenvalue weighted by atomic mass is 32.1. The highest BCUT2D eigenvalue weighted by Gasteiger charge is 2.07.